The monoisotopic (exact) mass is 343 g/mol. The van der Waals surface area contributed by atoms with E-state index in [1.807, 2.05) is 18.7 Å². The molecule has 0 amide bonds. The summed E-state index contributed by atoms with van der Waals surface area (Å²) in [4.78, 5) is 24.9. The Kier molecular flexibility index (Phi) is 3.72. The maximum atomic E-state index is 12.1. The van der Waals surface area contributed by atoms with Crippen LogP contribution in [0.15, 0.2) is 23.0 Å². The number of carbonyl (C=O) groups is 1. The molecule has 2 fully saturated rings. The highest BCUT2D eigenvalue weighted by molar-refractivity contribution is 5.78. The summed E-state index contributed by atoms with van der Waals surface area (Å²) < 4.78 is 5.23. The van der Waals surface area contributed by atoms with Crippen LogP contribution >= 0.6 is 0 Å². The van der Waals surface area contributed by atoms with Crippen molar-refractivity contribution in [2.45, 2.75) is 20.4 Å². The Morgan fingerprint density at radius 1 is 1.32 bits per heavy atom. The van der Waals surface area contributed by atoms with Gasteiger partial charge in [-0.05, 0) is 19.9 Å². The van der Waals surface area contributed by atoms with Gasteiger partial charge in [0, 0.05) is 56.6 Å². The first-order chi connectivity index (χ1) is 12.0. The molecule has 2 atom stereocenters. The molecule has 4 rings (SSSR count). The van der Waals surface area contributed by atoms with Gasteiger partial charge in [0.05, 0.1) is 5.69 Å². The summed E-state index contributed by atoms with van der Waals surface area (Å²) in [5.74, 6) is 0.722. The molecule has 0 radical (unpaired) electrons. The van der Waals surface area contributed by atoms with E-state index in [1.54, 1.807) is 18.5 Å². The largest absolute Gasteiger partial charge is 0.481 e. The van der Waals surface area contributed by atoms with Crippen LogP contribution in [0, 0.1) is 25.2 Å². The van der Waals surface area contributed by atoms with Crippen molar-refractivity contribution in [3.8, 4) is 0 Å². The highest BCUT2D eigenvalue weighted by Gasteiger charge is 2.58. The Hall–Kier alpha value is -2.48. The van der Waals surface area contributed by atoms with E-state index in [9.17, 15) is 9.90 Å². The van der Waals surface area contributed by atoms with E-state index in [-0.39, 0.29) is 5.92 Å². The number of aryl methyl sites for hydroxylation is 2. The number of carboxylic acids is 1. The van der Waals surface area contributed by atoms with Gasteiger partial charge in [-0.3, -0.25) is 9.69 Å². The van der Waals surface area contributed by atoms with E-state index in [2.05, 4.69) is 20.0 Å². The number of likely N-dealkylation sites (tertiary alicyclic amines) is 1. The van der Waals surface area contributed by atoms with Crippen molar-refractivity contribution in [2.24, 2.45) is 11.3 Å². The predicted octanol–water partition coefficient (Wildman–Crippen LogP) is 1.10. The number of carboxylic acid groups (broad SMARTS) is 1. The Bertz CT molecular complexity index is 773. The van der Waals surface area contributed by atoms with Gasteiger partial charge in [0.25, 0.3) is 0 Å². The topological polar surface area (TPSA) is 95.6 Å². The maximum Gasteiger partial charge on any atom is 0.313 e. The fourth-order valence-corrected chi connectivity index (χ4v) is 4.15. The summed E-state index contributed by atoms with van der Waals surface area (Å²) in [6.45, 7) is 6.84. The molecule has 8 nitrogen and oxygen atoms in total. The zero-order valence-electron chi connectivity index (χ0n) is 14.3. The molecule has 4 heterocycles. The minimum absolute atomic E-state index is 0.0503. The van der Waals surface area contributed by atoms with Crippen molar-refractivity contribution in [1.29, 1.82) is 0 Å². The molecule has 1 N–H and O–H groups in total. The molecule has 0 spiro atoms. The van der Waals surface area contributed by atoms with Crippen LogP contribution in [0.2, 0.25) is 0 Å². The van der Waals surface area contributed by atoms with Gasteiger partial charge in [0.1, 0.15) is 11.2 Å². The fourth-order valence-electron chi connectivity index (χ4n) is 4.15. The van der Waals surface area contributed by atoms with Gasteiger partial charge in [-0.1, -0.05) is 5.16 Å². The highest BCUT2D eigenvalue weighted by atomic mass is 16.5. The van der Waals surface area contributed by atoms with E-state index in [1.165, 1.54) is 0 Å². The Morgan fingerprint density at radius 3 is 2.68 bits per heavy atom. The van der Waals surface area contributed by atoms with Crippen molar-refractivity contribution >= 4 is 11.9 Å². The van der Waals surface area contributed by atoms with E-state index >= 15 is 0 Å². The second-order valence-corrected chi connectivity index (χ2v) is 7.06. The van der Waals surface area contributed by atoms with E-state index in [0.29, 0.717) is 32.1 Å². The zero-order valence-corrected chi connectivity index (χ0v) is 14.3. The van der Waals surface area contributed by atoms with Gasteiger partial charge in [-0.15, -0.1) is 0 Å². The van der Waals surface area contributed by atoms with Gasteiger partial charge in [-0.2, -0.15) is 0 Å². The number of rotatable bonds is 4. The number of aromatic nitrogens is 3. The average molecular weight is 343 g/mol. The SMILES string of the molecule is Cc1noc(C)c1CN1C[C@@H]2CN(c3ncccn3)C[C@]2(C(=O)O)C1. The van der Waals surface area contributed by atoms with Crippen molar-refractivity contribution in [3.05, 3.63) is 35.5 Å². The molecule has 2 aliphatic heterocycles. The first-order valence-corrected chi connectivity index (χ1v) is 8.39. The molecule has 0 saturated carbocycles. The molecule has 25 heavy (non-hydrogen) atoms. The second-order valence-electron chi connectivity index (χ2n) is 7.06. The lowest BCUT2D eigenvalue weighted by molar-refractivity contribution is -0.148. The molecule has 0 aliphatic carbocycles. The van der Waals surface area contributed by atoms with Crippen LogP contribution in [0.5, 0.6) is 0 Å². The second kappa shape index (κ2) is 5.80. The van der Waals surface area contributed by atoms with E-state index in [0.717, 1.165) is 23.6 Å². The van der Waals surface area contributed by atoms with Gasteiger partial charge in [-0.25, -0.2) is 9.97 Å². The molecule has 2 saturated heterocycles. The molecule has 2 aromatic rings. The first kappa shape index (κ1) is 16.0. The summed E-state index contributed by atoms with van der Waals surface area (Å²) in [5, 5.41) is 14.0. The Balaban J connectivity index is 1.54. The number of aliphatic carboxylic acids is 1. The lowest BCUT2D eigenvalue weighted by Gasteiger charge is -2.25. The number of anilines is 1. The van der Waals surface area contributed by atoms with E-state index < -0.39 is 11.4 Å². The van der Waals surface area contributed by atoms with Crippen molar-refractivity contribution in [3.63, 3.8) is 0 Å². The molecular weight excluding hydrogens is 322 g/mol. The smallest absolute Gasteiger partial charge is 0.313 e. The number of fused-ring (bicyclic) bond motifs is 1. The molecule has 2 aliphatic rings. The van der Waals surface area contributed by atoms with Crippen molar-refractivity contribution in [2.75, 3.05) is 31.1 Å². The third-order valence-electron chi connectivity index (χ3n) is 5.50. The van der Waals surface area contributed by atoms with Crippen molar-refractivity contribution < 1.29 is 14.4 Å². The van der Waals surface area contributed by atoms with Crippen LogP contribution in [-0.2, 0) is 11.3 Å². The lowest BCUT2D eigenvalue weighted by atomic mass is 9.81. The minimum Gasteiger partial charge on any atom is -0.481 e. The molecule has 8 heteroatoms. The number of hydrogen-bond acceptors (Lipinski definition) is 7. The van der Waals surface area contributed by atoms with Crippen LogP contribution in [0.4, 0.5) is 5.95 Å². The normalized spacial score (nSPS) is 26.2. The van der Waals surface area contributed by atoms with E-state index in [4.69, 9.17) is 4.52 Å². The zero-order chi connectivity index (χ0) is 17.6. The van der Waals surface area contributed by atoms with Crippen LogP contribution in [0.1, 0.15) is 17.0 Å². The van der Waals surface area contributed by atoms with Gasteiger partial charge < -0.3 is 14.5 Å². The predicted molar refractivity (Wildman–Crippen MR) is 89.1 cm³/mol. The molecule has 2 aromatic heterocycles. The van der Waals surface area contributed by atoms with Gasteiger partial charge in [0.15, 0.2) is 0 Å². The summed E-state index contributed by atoms with van der Waals surface area (Å²) in [6, 6.07) is 1.76. The molecule has 0 aromatic carbocycles. The number of nitrogens with zero attached hydrogens (tertiary/aromatic N) is 5. The standard InChI is InChI=1S/C17H21N5O3/c1-11-14(12(2)25-20-11)8-21-6-13-7-22(16-18-4-3-5-19-16)10-17(13,9-21)15(23)24/h3-5,13H,6-10H2,1-2H3,(H,23,24)/t13-,17-/m1/s1. The molecule has 0 bridgehead atoms. The van der Waals surface area contributed by atoms with Crippen LogP contribution in [-0.4, -0.2) is 57.3 Å². The summed E-state index contributed by atoms with van der Waals surface area (Å²) in [5.41, 5.74) is 1.15. The molecule has 0 unspecified atom stereocenters. The molecular formula is C17H21N5O3. The highest BCUT2D eigenvalue weighted by Crippen LogP contribution is 2.44. The van der Waals surface area contributed by atoms with Gasteiger partial charge in [0.2, 0.25) is 5.95 Å². The number of hydrogen-bond donors (Lipinski definition) is 1. The van der Waals surface area contributed by atoms with Gasteiger partial charge >= 0.3 is 5.97 Å². The third-order valence-corrected chi connectivity index (χ3v) is 5.50. The maximum absolute atomic E-state index is 12.1. The first-order valence-electron chi connectivity index (χ1n) is 8.39. The van der Waals surface area contributed by atoms with Crippen LogP contribution in [0.3, 0.4) is 0 Å². The minimum atomic E-state index is -0.780. The summed E-state index contributed by atoms with van der Waals surface area (Å²) >= 11 is 0. The fraction of sp³-hybridized carbons (Fsp3) is 0.529. The molecule has 132 valence electrons. The Labute approximate surface area is 145 Å². The Morgan fingerprint density at radius 2 is 2.08 bits per heavy atom. The van der Waals surface area contributed by atoms with Crippen LogP contribution in [0.25, 0.3) is 0 Å². The average Bonchev–Trinajstić information content (AvgIpc) is 3.22. The van der Waals surface area contributed by atoms with Crippen LogP contribution < -0.4 is 4.90 Å². The lowest BCUT2D eigenvalue weighted by Crippen LogP contribution is -2.41. The summed E-state index contributed by atoms with van der Waals surface area (Å²) in [6.07, 6.45) is 3.38. The quantitative estimate of drug-likeness (QED) is 0.882. The summed E-state index contributed by atoms with van der Waals surface area (Å²) in [7, 11) is 0. The third kappa shape index (κ3) is 2.57. The van der Waals surface area contributed by atoms with Crippen molar-refractivity contribution in [1.82, 2.24) is 20.0 Å².